The lowest BCUT2D eigenvalue weighted by atomic mass is 10.1. The maximum Gasteiger partial charge on any atom is 0.255 e. The molecule has 0 spiro atoms. The van der Waals surface area contributed by atoms with Gasteiger partial charge in [-0.15, -0.1) is 0 Å². The first-order chi connectivity index (χ1) is 14.6. The number of rotatable bonds is 5. The molecule has 0 bridgehead atoms. The summed E-state index contributed by atoms with van der Waals surface area (Å²) in [5.74, 6) is -0.205. The highest BCUT2D eigenvalue weighted by atomic mass is 32.2. The number of pyridine rings is 1. The largest absolute Gasteiger partial charge is 0.336 e. The van der Waals surface area contributed by atoms with Crippen LogP contribution in [0.5, 0.6) is 0 Å². The van der Waals surface area contributed by atoms with Crippen molar-refractivity contribution >= 4 is 15.9 Å². The Morgan fingerprint density at radius 3 is 2.27 bits per heavy atom. The molecular weight excluding hydrogens is 400 g/mol. The highest BCUT2D eigenvalue weighted by molar-refractivity contribution is 7.89. The summed E-state index contributed by atoms with van der Waals surface area (Å²) in [6, 6.07) is 12.5. The quantitative estimate of drug-likeness (QED) is 0.730. The van der Waals surface area contributed by atoms with Gasteiger partial charge in [-0.2, -0.15) is 4.31 Å². The van der Waals surface area contributed by atoms with Gasteiger partial charge >= 0.3 is 0 Å². The number of hydrogen-bond acceptors (Lipinski definition) is 5. The Morgan fingerprint density at radius 2 is 1.57 bits per heavy atom. The van der Waals surface area contributed by atoms with Crippen LogP contribution in [0.25, 0.3) is 0 Å². The van der Waals surface area contributed by atoms with Crippen LogP contribution in [0.3, 0.4) is 0 Å². The van der Waals surface area contributed by atoms with Crippen LogP contribution >= 0.6 is 0 Å². The van der Waals surface area contributed by atoms with E-state index in [1.807, 2.05) is 18.2 Å². The topological polar surface area (TPSA) is 73.8 Å². The van der Waals surface area contributed by atoms with E-state index >= 15 is 0 Å². The van der Waals surface area contributed by atoms with Gasteiger partial charge in [0.05, 0.1) is 16.2 Å². The fourth-order valence-corrected chi connectivity index (χ4v) is 5.81. The van der Waals surface area contributed by atoms with Crippen molar-refractivity contribution in [3.63, 3.8) is 0 Å². The van der Waals surface area contributed by atoms with Crippen molar-refractivity contribution in [1.29, 1.82) is 0 Å². The molecule has 2 aromatic rings. The molecular formula is C22H28N4O3S. The molecule has 8 heteroatoms. The van der Waals surface area contributed by atoms with E-state index in [9.17, 15) is 13.2 Å². The molecule has 2 aliphatic rings. The summed E-state index contributed by atoms with van der Waals surface area (Å²) in [5.41, 5.74) is 1.29. The molecule has 1 amide bonds. The lowest BCUT2D eigenvalue weighted by Crippen LogP contribution is -2.48. The second-order valence-corrected chi connectivity index (χ2v) is 9.76. The van der Waals surface area contributed by atoms with E-state index in [0.717, 1.165) is 44.6 Å². The fraction of sp³-hybridized carbons (Fsp3) is 0.455. The molecule has 1 aromatic heterocycles. The van der Waals surface area contributed by atoms with Gasteiger partial charge in [-0.1, -0.05) is 24.6 Å². The number of aromatic nitrogens is 1. The molecule has 1 aromatic carbocycles. The van der Waals surface area contributed by atoms with Crippen molar-refractivity contribution in [2.75, 3.05) is 39.3 Å². The number of piperazine rings is 1. The SMILES string of the molecule is O=C(c1ccccc1S(=O)(=O)N1CCCCC1)N1CCN(Cc2ccccn2)CC1. The summed E-state index contributed by atoms with van der Waals surface area (Å²) in [7, 11) is -3.66. The Hall–Kier alpha value is -2.29. The maximum absolute atomic E-state index is 13.2. The smallest absolute Gasteiger partial charge is 0.255 e. The minimum Gasteiger partial charge on any atom is -0.336 e. The van der Waals surface area contributed by atoms with Gasteiger partial charge < -0.3 is 4.90 Å². The second kappa shape index (κ2) is 9.24. The van der Waals surface area contributed by atoms with Crippen molar-refractivity contribution in [3.05, 3.63) is 59.9 Å². The third-order valence-electron chi connectivity index (χ3n) is 5.82. The third-order valence-corrected chi connectivity index (χ3v) is 7.78. The number of benzene rings is 1. The van der Waals surface area contributed by atoms with Crippen LogP contribution in [0.4, 0.5) is 0 Å². The molecule has 4 rings (SSSR count). The van der Waals surface area contributed by atoms with Crippen LogP contribution in [-0.2, 0) is 16.6 Å². The molecule has 0 unspecified atom stereocenters. The van der Waals surface area contributed by atoms with Gasteiger partial charge in [0.25, 0.3) is 5.91 Å². The third kappa shape index (κ3) is 4.55. The predicted molar refractivity (Wildman–Crippen MR) is 114 cm³/mol. The Kier molecular flexibility index (Phi) is 6.46. The Morgan fingerprint density at radius 1 is 0.867 bits per heavy atom. The summed E-state index contributed by atoms with van der Waals surface area (Å²) >= 11 is 0. The number of carbonyl (C=O) groups excluding carboxylic acids is 1. The second-order valence-electron chi connectivity index (χ2n) is 7.85. The minimum atomic E-state index is -3.66. The number of hydrogen-bond donors (Lipinski definition) is 0. The van der Waals surface area contributed by atoms with Crippen LogP contribution in [0.15, 0.2) is 53.6 Å². The van der Waals surface area contributed by atoms with E-state index in [-0.39, 0.29) is 16.4 Å². The molecule has 0 N–H and O–H groups in total. The lowest BCUT2D eigenvalue weighted by Gasteiger charge is -2.35. The van der Waals surface area contributed by atoms with Crippen LogP contribution < -0.4 is 0 Å². The molecule has 7 nitrogen and oxygen atoms in total. The van der Waals surface area contributed by atoms with Crippen molar-refractivity contribution in [2.45, 2.75) is 30.7 Å². The van der Waals surface area contributed by atoms with Gasteiger partial charge in [0.15, 0.2) is 0 Å². The van der Waals surface area contributed by atoms with Crippen molar-refractivity contribution in [1.82, 2.24) is 19.1 Å². The first-order valence-corrected chi connectivity index (χ1v) is 12.0. The van der Waals surface area contributed by atoms with Crippen LogP contribution in [-0.4, -0.2) is 72.7 Å². The van der Waals surface area contributed by atoms with E-state index in [0.29, 0.717) is 26.2 Å². The first-order valence-electron chi connectivity index (χ1n) is 10.6. The maximum atomic E-state index is 13.2. The molecule has 0 atom stereocenters. The molecule has 2 saturated heterocycles. The van der Waals surface area contributed by atoms with Crippen molar-refractivity contribution in [2.24, 2.45) is 0 Å². The predicted octanol–water partition coefficient (Wildman–Crippen LogP) is 2.21. The zero-order valence-electron chi connectivity index (χ0n) is 17.1. The summed E-state index contributed by atoms with van der Waals surface area (Å²) in [6.07, 6.45) is 4.57. The molecule has 2 aliphatic heterocycles. The van der Waals surface area contributed by atoms with E-state index in [2.05, 4.69) is 9.88 Å². The molecule has 2 fully saturated rings. The molecule has 160 valence electrons. The van der Waals surface area contributed by atoms with Crippen molar-refractivity contribution in [3.8, 4) is 0 Å². The summed E-state index contributed by atoms with van der Waals surface area (Å²) in [5, 5.41) is 0. The Balaban J connectivity index is 1.46. The standard InChI is InChI=1S/C22H28N4O3S/c27-22(25-16-14-24(15-17-25)18-19-8-4-5-11-23-19)20-9-2-3-10-21(20)30(28,29)26-12-6-1-7-13-26/h2-5,8-11H,1,6-7,12-18H2. The summed E-state index contributed by atoms with van der Waals surface area (Å²) < 4.78 is 27.9. The number of amides is 1. The zero-order chi connectivity index (χ0) is 21.0. The van der Waals surface area contributed by atoms with E-state index < -0.39 is 10.0 Å². The number of piperidine rings is 1. The molecule has 0 radical (unpaired) electrons. The number of carbonyl (C=O) groups is 1. The van der Waals surface area contributed by atoms with Crippen LogP contribution in [0.1, 0.15) is 35.3 Å². The average molecular weight is 429 g/mol. The fourth-order valence-electron chi connectivity index (χ4n) is 4.11. The zero-order valence-corrected chi connectivity index (χ0v) is 17.9. The molecule has 30 heavy (non-hydrogen) atoms. The van der Waals surface area contributed by atoms with Gasteiger partial charge in [-0.3, -0.25) is 14.7 Å². The minimum absolute atomic E-state index is 0.132. The molecule has 0 aliphatic carbocycles. The summed E-state index contributed by atoms with van der Waals surface area (Å²) in [6.45, 7) is 4.43. The normalized spacial score (nSPS) is 19.0. The van der Waals surface area contributed by atoms with Crippen LogP contribution in [0.2, 0.25) is 0 Å². The van der Waals surface area contributed by atoms with E-state index in [1.165, 1.54) is 4.31 Å². The lowest BCUT2D eigenvalue weighted by molar-refractivity contribution is 0.0623. The van der Waals surface area contributed by atoms with Gasteiger partial charge in [-0.25, -0.2) is 8.42 Å². The highest BCUT2D eigenvalue weighted by Gasteiger charge is 2.32. The Bertz CT molecular complexity index is 967. The van der Waals surface area contributed by atoms with Gasteiger partial charge in [-0.05, 0) is 37.1 Å². The van der Waals surface area contributed by atoms with Crippen molar-refractivity contribution < 1.29 is 13.2 Å². The van der Waals surface area contributed by atoms with Crippen LogP contribution in [0, 0.1) is 0 Å². The average Bonchev–Trinajstić information content (AvgIpc) is 2.80. The van der Waals surface area contributed by atoms with Gasteiger partial charge in [0.2, 0.25) is 10.0 Å². The number of sulfonamides is 1. The number of nitrogens with zero attached hydrogens (tertiary/aromatic N) is 4. The monoisotopic (exact) mass is 428 g/mol. The highest BCUT2D eigenvalue weighted by Crippen LogP contribution is 2.25. The summed E-state index contributed by atoms with van der Waals surface area (Å²) in [4.78, 5) is 21.8. The first kappa shape index (κ1) is 21.0. The molecule has 0 saturated carbocycles. The van der Waals surface area contributed by atoms with Gasteiger partial charge in [0, 0.05) is 52.0 Å². The van der Waals surface area contributed by atoms with E-state index in [1.54, 1.807) is 35.4 Å². The molecule has 3 heterocycles. The van der Waals surface area contributed by atoms with Gasteiger partial charge in [0.1, 0.15) is 0 Å². The van der Waals surface area contributed by atoms with E-state index in [4.69, 9.17) is 0 Å². The Labute approximate surface area is 178 Å².